The molecule has 0 radical (unpaired) electrons. The first-order chi connectivity index (χ1) is 21.1. The fourth-order valence-electron chi connectivity index (χ4n) is 5.69. The minimum Gasteiger partial charge on any atom is -0.343 e. The zero-order valence-corrected chi connectivity index (χ0v) is 26.5. The molecule has 0 unspecified atom stereocenters. The summed E-state index contributed by atoms with van der Waals surface area (Å²) in [4.78, 5) is 27.8. The van der Waals surface area contributed by atoms with Crippen LogP contribution < -0.4 is 10.6 Å². The largest absolute Gasteiger partial charge is 0.343 e. The van der Waals surface area contributed by atoms with Gasteiger partial charge in [0.25, 0.3) is 0 Å². The number of amides is 3. The van der Waals surface area contributed by atoms with Crippen molar-refractivity contribution < 1.29 is 9.59 Å². The van der Waals surface area contributed by atoms with Crippen LogP contribution in [-0.4, -0.2) is 39.7 Å². The number of carbonyl (C=O) groups is 2. The van der Waals surface area contributed by atoms with E-state index in [0.717, 1.165) is 62.3 Å². The average Bonchev–Trinajstić information content (AvgIpc) is 3.44. The van der Waals surface area contributed by atoms with E-state index in [1.54, 1.807) is 4.68 Å². The van der Waals surface area contributed by atoms with Gasteiger partial charge < -0.3 is 10.2 Å². The quantitative estimate of drug-likeness (QED) is 0.207. The summed E-state index contributed by atoms with van der Waals surface area (Å²) in [5, 5.41) is 10.8. The van der Waals surface area contributed by atoms with Gasteiger partial charge >= 0.3 is 6.03 Å². The van der Waals surface area contributed by atoms with Gasteiger partial charge in [-0.3, -0.25) is 10.1 Å². The Labute approximate surface area is 261 Å². The van der Waals surface area contributed by atoms with Crippen LogP contribution in [0.5, 0.6) is 0 Å². The van der Waals surface area contributed by atoms with Gasteiger partial charge in [-0.2, -0.15) is 5.10 Å². The van der Waals surface area contributed by atoms with Crippen molar-refractivity contribution >= 4 is 23.4 Å². The van der Waals surface area contributed by atoms with Gasteiger partial charge in [0.15, 0.2) is 0 Å². The maximum atomic E-state index is 13.0. The van der Waals surface area contributed by atoms with Gasteiger partial charge in [-0.15, -0.1) is 0 Å². The second kappa shape index (κ2) is 13.9. The van der Waals surface area contributed by atoms with Gasteiger partial charge in [0, 0.05) is 36.7 Å². The van der Waals surface area contributed by atoms with Crippen molar-refractivity contribution in [2.24, 2.45) is 5.92 Å². The Balaban J connectivity index is 1.10. The van der Waals surface area contributed by atoms with Gasteiger partial charge in [0.1, 0.15) is 5.82 Å². The molecule has 44 heavy (non-hydrogen) atoms. The molecule has 1 aliphatic heterocycles. The van der Waals surface area contributed by atoms with Crippen LogP contribution in [0.1, 0.15) is 68.8 Å². The molecule has 0 atom stereocenters. The lowest BCUT2D eigenvalue weighted by Crippen LogP contribution is -2.38. The van der Waals surface area contributed by atoms with Crippen molar-refractivity contribution in [3.8, 4) is 5.69 Å². The zero-order chi connectivity index (χ0) is 31.1. The Bertz CT molecular complexity index is 1530. The molecule has 0 spiro atoms. The van der Waals surface area contributed by atoms with E-state index >= 15 is 0 Å². The molecule has 1 fully saturated rings. The Morgan fingerprint density at radius 1 is 0.864 bits per heavy atom. The van der Waals surface area contributed by atoms with Crippen molar-refractivity contribution in [1.82, 2.24) is 14.7 Å². The highest BCUT2D eigenvalue weighted by Gasteiger charge is 2.23. The number of hydrogen-bond acceptors (Lipinski definition) is 3. The number of benzene rings is 3. The Hall–Kier alpha value is -4.39. The topological polar surface area (TPSA) is 79.3 Å². The summed E-state index contributed by atoms with van der Waals surface area (Å²) >= 11 is 0. The number of nitrogens with one attached hydrogen (secondary N) is 2. The van der Waals surface area contributed by atoms with E-state index in [2.05, 4.69) is 67.8 Å². The van der Waals surface area contributed by atoms with Crippen LogP contribution in [-0.2, 0) is 23.1 Å². The van der Waals surface area contributed by atoms with Crippen LogP contribution in [0.3, 0.4) is 0 Å². The van der Waals surface area contributed by atoms with Crippen molar-refractivity contribution in [3.63, 3.8) is 0 Å². The average molecular weight is 592 g/mol. The Morgan fingerprint density at radius 2 is 1.55 bits per heavy atom. The first kappa shape index (κ1) is 31.0. The summed E-state index contributed by atoms with van der Waals surface area (Å²) in [7, 11) is 0. The summed E-state index contributed by atoms with van der Waals surface area (Å²) in [6, 6.07) is 28.2. The fourth-order valence-corrected chi connectivity index (χ4v) is 5.69. The van der Waals surface area contributed by atoms with E-state index in [-0.39, 0.29) is 17.4 Å². The molecular weight excluding hydrogens is 546 g/mol. The minimum atomic E-state index is -0.313. The van der Waals surface area contributed by atoms with Crippen molar-refractivity contribution in [2.75, 3.05) is 23.7 Å². The highest BCUT2D eigenvalue weighted by atomic mass is 16.2. The van der Waals surface area contributed by atoms with E-state index in [1.807, 2.05) is 60.4 Å². The number of aromatic nitrogens is 2. The third-order valence-corrected chi connectivity index (χ3v) is 8.40. The third kappa shape index (κ3) is 8.37. The van der Waals surface area contributed by atoms with Gasteiger partial charge in [-0.1, -0.05) is 80.9 Å². The van der Waals surface area contributed by atoms with Gasteiger partial charge in [0.05, 0.1) is 11.4 Å². The van der Waals surface area contributed by atoms with Crippen molar-refractivity contribution in [3.05, 3.63) is 107 Å². The third-order valence-electron chi connectivity index (χ3n) is 8.40. The molecule has 1 saturated heterocycles. The number of nitrogens with zero attached hydrogens (tertiary/aromatic N) is 3. The van der Waals surface area contributed by atoms with Gasteiger partial charge in [0.2, 0.25) is 5.91 Å². The number of piperidine rings is 1. The smallest absolute Gasteiger partial charge is 0.324 e. The monoisotopic (exact) mass is 591 g/mol. The Morgan fingerprint density at radius 3 is 2.20 bits per heavy atom. The second-order valence-electron chi connectivity index (χ2n) is 13.1. The Kier molecular flexibility index (Phi) is 9.83. The summed E-state index contributed by atoms with van der Waals surface area (Å²) < 4.78 is 1.78. The number of likely N-dealkylation sites (tertiary alicyclic amines) is 1. The van der Waals surface area contributed by atoms with Gasteiger partial charge in [-0.05, 0) is 80.3 Å². The van der Waals surface area contributed by atoms with Crippen molar-refractivity contribution in [2.45, 2.75) is 71.6 Å². The van der Waals surface area contributed by atoms with Crippen LogP contribution in [0, 0.1) is 12.8 Å². The zero-order valence-electron chi connectivity index (χ0n) is 26.5. The molecule has 2 heterocycles. The molecule has 2 N–H and O–H groups in total. The lowest BCUT2D eigenvalue weighted by molar-refractivity contribution is -0.132. The lowest BCUT2D eigenvalue weighted by Gasteiger charge is -2.32. The molecule has 230 valence electrons. The van der Waals surface area contributed by atoms with Gasteiger partial charge in [-0.25, -0.2) is 9.48 Å². The van der Waals surface area contributed by atoms with E-state index in [4.69, 9.17) is 5.10 Å². The van der Waals surface area contributed by atoms with E-state index in [1.165, 1.54) is 16.7 Å². The molecule has 1 aromatic heterocycles. The summed E-state index contributed by atoms with van der Waals surface area (Å²) in [5.74, 6) is 1.46. The molecular formula is C37H45N5O2. The maximum Gasteiger partial charge on any atom is 0.324 e. The van der Waals surface area contributed by atoms with Crippen LogP contribution in [0.15, 0.2) is 84.9 Å². The van der Waals surface area contributed by atoms with E-state index in [0.29, 0.717) is 18.2 Å². The van der Waals surface area contributed by atoms with E-state index in [9.17, 15) is 9.59 Å². The summed E-state index contributed by atoms with van der Waals surface area (Å²) in [6.45, 7) is 10.0. The second-order valence-corrected chi connectivity index (χ2v) is 13.1. The molecule has 0 saturated carbocycles. The lowest BCUT2D eigenvalue weighted by atomic mass is 9.90. The van der Waals surface area contributed by atoms with Crippen LogP contribution >= 0.6 is 0 Å². The van der Waals surface area contributed by atoms with Crippen LogP contribution in [0.25, 0.3) is 5.69 Å². The summed E-state index contributed by atoms with van der Waals surface area (Å²) in [6.07, 6.45) is 5.50. The summed E-state index contributed by atoms with van der Waals surface area (Å²) in [5.41, 5.74) is 6.07. The standard InChI is InChI=1S/C37H45N5O2/c1-27-13-19-32(20-14-27)42-34(26-33(40-42)37(2,3)4)39-36(44)38-31-17-15-29(16-18-31)25-30-21-23-41(24-22-30)35(43)12-8-11-28-9-6-5-7-10-28/h5-7,9-10,13-20,26,30H,8,11-12,21-25H2,1-4H3,(H2,38,39,44). The molecule has 1 aliphatic rings. The fraction of sp³-hybridized carbons (Fsp3) is 0.378. The SMILES string of the molecule is Cc1ccc(-n2nc(C(C)(C)C)cc2NC(=O)Nc2ccc(CC3CCN(C(=O)CCCc4ccccc4)CC3)cc2)cc1. The maximum absolute atomic E-state index is 13.0. The number of carbonyl (C=O) groups excluding carboxylic acids is 2. The first-order valence-electron chi connectivity index (χ1n) is 15.8. The van der Waals surface area contributed by atoms with Crippen LogP contribution in [0.4, 0.5) is 16.3 Å². The number of anilines is 2. The van der Waals surface area contributed by atoms with Crippen LogP contribution in [0.2, 0.25) is 0 Å². The van der Waals surface area contributed by atoms with E-state index < -0.39 is 0 Å². The normalized spacial score (nSPS) is 14.0. The molecule has 7 nitrogen and oxygen atoms in total. The molecule has 5 rings (SSSR count). The predicted octanol–water partition coefficient (Wildman–Crippen LogP) is 7.93. The predicted molar refractivity (Wildman–Crippen MR) is 178 cm³/mol. The minimum absolute atomic E-state index is 0.159. The molecule has 3 aromatic carbocycles. The number of urea groups is 1. The molecule has 7 heteroatoms. The van der Waals surface area contributed by atoms with Crippen molar-refractivity contribution in [1.29, 1.82) is 0 Å². The number of hydrogen-bond donors (Lipinski definition) is 2. The molecule has 3 amide bonds. The highest BCUT2D eigenvalue weighted by molar-refractivity contribution is 5.99. The highest BCUT2D eigenvalue weighted by Crippen LogP contribution is 2.27. The molecule has 4 aromatic rings. The number of rotatable bonds is 9. The molecule has 0 aliphatic carbocycles. The number of aryl methyl sites for hydroxylation is 2. The first-order valence-corrected chi connectivity index (χ1v) is 15.8. The molecule has 0 bridgehead atoms.